The molecule has 1 amide bonds. The van der Waals surface area contributed by atoms with Gasteiger partial charge in [0.15, 0.2) is 0 Å². The van der Waals surface area contributed by atoms with Gasteiger partial charge in [-0.15, -0.1) is 0 Å². The average Bonchev–Trinajstić information content (AvgIpc) is 3.60. The van der Waals surface area contributed by atoms with Crippen molar-refractivity contribution in [2.45, 2.75) is 97.1 Å². The first-order chi connectivity index (χ1) is 22.3. The summed E-state index contributed by atoms with van der Waals surface area (Å²) < 4.78 is 18.9. The molecule has 3 aromatic carbocycles. The van der Waals surface area contributed by atoms with Crippen LogP contribution >= 0.6 is 0 Å². The maximum Gasteiger partial charge on any atom is 0.412 e. The molecule has 5 aromatic rings. The molecule has 10 heteroatoms. The number of fused-ring (bicyclic) bond motifs is 2. The average molecular weight is 685 g/mol. The minimum atomic E-state index is -2.02. The van der Waals surface area contributed by atoms with Gasteiger partial charge in [0.25, 0.3) is 0 Å². The van der Waals surface area contributed by atoms with E-state index in [0.717, 1.165) is 44.6 Å². The summed E-state index contributed by atoms with van der Waals surface area (Å²) in [4.78, 5) is 22.3. The van der Waals surface area contributed by atoms with Crippen molar-refractivity contribution < 1.29 is 18.4 Å². The Morgan fingerprint density at radius 3 is 1.81 bits per heavy atom. The second-order valence-corrected chi connectivity index (χ2v) is 25.3. The Bertz CT molecular complexity index is 1880. The predicted molar refractivity (Wildman–Crippen MR) is 201 cm³/mol. The van der Waals surface area contributed by atoms with Crippen LogP contribution in [0.25, 0.3) is 21.8 Å². The topological polar surface area (TPSA) is 106 Å². The first-order valence-corrected chi connectivity index (χ1v) is 22.5. The van der Waals surface area contributed by atoms with Crippen molar-refractivity contribution in [3.63, 3.8) is 0 Å². The largest absolute Gasteiger partial charge is 0.543 e. The molecule has 0 aliphatic heterocycles. The first kappa shape index (κ1) is 35.3. The smallest absolute Gasteiger partial charge is 0.412 e. The van der Waals surface area contributed by atoms with E-state index in [1.165, 1.54) is 0 Å². The van der Waals surface area contributed by atoms with Gasteiger partial charge in [0.05, 0.1) is 12.2 Å². The highest BCUT2D eigenvalue weighted by atomic mass is 28.4. The van der Waals surface area contributed by atoms with Crippen molar-refractivity contribution in [3.8, 4) is 11.5 Å². The fourth-order valence-corrected chi connectivity index (χ4v) is 7.04. The number of nitrogens with two attached hydrogens (primary N) is 1. The van der Waals surface area contributed by atoms with Gasteiger partial charge in [0.2, 0.25) is 16.6 Å². The van der Waals surface area contributed by atoms with Gasteiger partial charge in [0, 0.05) is 34.2 Å². The Kier molecular flexibility index (Phi) is 9.66. The molecule has 2 aromatic heterocycles. The molecule has 0 radical (unpaired) electrons. The fraction of sp³-hybridized carbons (Fsp3) is 0.395. The zero-order valence-electron chi connectivity index (χ0n) is 30.2. The summed E-state index contributed by atoms with van der Waals surface area (Å²) in [5.41, 5.74) is 11.2. The lowest BCUT2D eigenvalue weighted by Gasteiger charge is -2.36. The van der Waals surface area contributed by atoms with Crippen molar-refractivity contribution >= 4 is 44.5 Å². The standard InChI is InChI=1S/C38H52N4O4Si2/c1-37(2,3)47(7,8)45-30-18-16-27-20-29(40-32(27)22-30)24-42(36(43)44-25-26-14-12-11-13-15-26)35(39)34-21-28-17-19-31(23-33(28)41-34)46-48(9,10)38(4,5)6/h11-23,35,40-41H,24-25,39H2,1-10H3. The number of ether oxygens (including phenoxy) is 1. The number of carbonyl (C=O) groups is 1. The SMILES string of the molecule is CC(C)(C)[Si](C)(C)Oc1ccc2cc(CN(C(=O)OCc3ccccc3)C(N)c3cc4ccc(O[Si](C)(C)C(C)(C)C)cc4[nH]3)[nH]c2c1. The summed E-state index contributed by atoms with van der Waals surface area (Å²) >= 11 is 0. The molecule has 2 heterocycles. The van der Waals surface area contributed by atoms with Crippen LogP contribution in [0.1, 0.15) is 64.7 Å². The van der Waals surface area contributed by atoms with Crippen molar-refractivity contribution in [3.05, 3.63) is 95.8 Å². The zero-order chi connectivity index (χ0) is 35.1. The number of aromatic amines is 2. The summed E-state index contributed by atoms with van der Waals surface area (Å²) in [5, 5.41) is 2.18. The molecule has 1 unspecified atom stereocenters. The van der Waals surface area contributed by atoms with Crippen LogP contribution in [-0.2, 0) is 17.9 Å². The molecule has 5 rings (SSSR count). The van der Waals surface area contributed by atoms with Crippen molar-refractivity contribution in [2.75, 3.05) is 0 Å². The van der Waals surface area contributed by atoms with Gasteiger partial charge in [-0.05, 0) is 83.6 Å². The van der Waals surface area contributed by atoms with Crippen LogP contribution < -0.4 is 14.6 Å². The molecule has 0 saturated heterocycles. The molecule has 0 saturated carbocycles. The van der Waals surface area contributed by atoms with Crippen LogP contribution in [-0.4, -0.2) is 37.6 Å². The highest BCUT2D eigenvalue weighted by molar-refractivity contribution is 6.75. The minimum absolute atomic E-state index is 0.0772. The van der Waals surface area contributed by atoms with Crippen LogP contribution in [0.2, 0.25) is 36.3 Å². The van der Waals surface area contributed by atoms with Crippen LogP contribution in [0.4, 0.5) is 4.79 Å². The zero-order valence-corrected chi connectivity index (χ0v) is 32.2. The highest BCUT2D eigenvalue weighted by Crippen LogP contribution is 2.39. The third kappa shape index (κ3) is 7.82. The van der Waals surface area contributed by atoms with E-state index in [1.807, 2.05) is 72.8 Å². The van der Waals surface area contributed by atoms with E-state index in [0.29, 0.717) is 5.69 Å². The van der Waals surface area contributed by atoms with Gasteiger partial charge < -0.3 is 29.3 Å². The van der Waals surface area contributed by atoms with E-state index in [1.54, 1.807) is 4.90 Å². The van der Waals surface area contributed by atoms with E-state index in [2.05, 4.69) is 83.8 Å². The number of amides is 1. The van der Waals surface area contributed by atoms with E-state index >= 15 is 0 Å². The van der Waals surface area contributed by atoms with Crippen LogP contribution in [0.5, 0.6) is 11.5 Å². The van der Waals surface area contributed by atoms with Gasteiger partial charge in [-0.25, -0.2) is 4.79 Å². The molecule has 0 aliphatic carbocycles. The van der Waals surface area contributed by atoms with Crippen molar-refractivity contribution in [1.82, 2.24) is 14.9 Å². The van der Waals surface area contributed by atoms with Crippen molar-refractivity contribution in [2.24, 2.45) is 5.73 Å². The normalized spacial score (nSPS) is 13.5. The molecular formula is C38H52N4O4Si2. The van der Waals surface area contributed by atoms with E-state index in [4.69, 9.17) is 19.3 Å². The summed E-state index contributed by atoms with van der Waals surface area (Å²) in [5.74, 6) is 1.67. The molecule has 256 valence electrons. The first-order valence-electron chi connectivity index (χ1n) is 16.7. The predicted octanol–water partition coefficient (Wildman–Crippen LogP) is 10.2. The van der Waals surface area contributed by atoms with Crippen molar-refractivity contribution in [1.29, 1.82) is 0 Å². The van der Waals surface area contributed by atoms with E-state index < -0.39 is 28.9 Å². The molecule has 0 bridgehead atoms. The quantitative estimate of drug-likeness (QED) is 0.100. The van der Waals surface area contributed by atoms with Gasteiger partial charge in [0.1, 0.15) is 24.3 Å². The molecular weight excluding hydrogens is 633 g/mol. The number of rotatable bonds is 10. The second-order valence-electron chi connectivity index (χ2n) is 15.9. The lowest BCUT2D eigenvalue weighted by atomic mass is 10.2. The fourth-order valence-electron chi connectivity index (χ4n) is 4.99. The molecule has 4 N–H and O–H groups in total. The van der Waals surface area contributed by atoms with Crippen LogP contribution in [0.3, 0.4) is 0 Å². The third-order valence-corrected chi connectivity index (χ3v) is 18.8. The van der Waals surface area contributed by atoms with E-state index in [9.17, 15) is 4.79 Å². The lowest BCUT2D eigenvalue weighted by molar-refractivity contribution is 0.0765. The Morgan fingerprint density at radius 1 is 0.750 bits per heavy atom. The van der Waals surface area contributed by atoms with E-state index in [-0.39, 0.29) is 23.2 Å². The number of benzene rings is 3. The summed E-state index contributed by atoms with van der Waals surface area (Å²) in [6, 6.07) is 25.8. The van der Waals surface area contributed by atoms with Gasteiger partial charge in [-0.1, -0.05) is 71.9 Å². The number of hydrogen-bond donors (Lipinski definition) is 3. The lowest BCUT2D eigenvalue weighted by Crippen LogP contribution is -2.43. The Hall–Kier alpha value is -4.00. The number of hydrogen-bond acceptors (Lipinski definition) is 5. The monoisotopic (exact) mass is 684 g/mol. The Morgan fingerprint density at radius 2 is 1.27 bits per heavy atom. The number of H-pyrrole nitrogens is 2. The Labute approximate surface area is 287 Å². The Balaban J connectivity index is 1.42. The van der Waals surface area contributed by atoms with Gasteiger partial charge >= 0.3 is 6.09 Å². The highest BCUT2D eigenvalue weighted by Gasteiger charge is 2.40. The van der Waals surface area contributed by atoms with Gasteiger partial charge in [-0.2, -0.15) is 0 Å². The van der Waals surface area contributed by atoms with Crippen LogP contribution in [0.15, 0.2) is 78.9 Å². The minimum Gasteiger partial charge on any atom is -0.543 e. The summed E-state index contributed by atoms with van der Waals surface area (Å²) in [6.07, 6.45) is -1.30. The maximum absolute atomic E-state index is 13.7. The number of aromatic nitrogens is 2. The van der Waals surface area contributed by atoms with Gasteiger partial charge in [-0.3, -0.25) is 4.90 Å². The second kappa shape index (κ2) is 13.1. The molecule has 0 aliphatic rings. The molecule has 48 heavy (non-hydrogen) atoms. The third-order valence-electron chi connectivity index (χ3n) is 10.1. The summed E-state index contributed by atoms with van der Waals surface area (Å²) in [7, 11) is -4.02. The molecule has 1 atom stereocenters. The number of nitrogens with one attached hydrogen (secondary N) is 2. The molecule has 0 fully saturated rings. The van der Waals surface area contributed by atoms with Crippen LogP contribution in [0, 0.1) is 0 Å². The number of nitrogens with zero attached hydrogens (tertiary/aromatic N) is 1. The number of carbonyl (C=O) groups excluding carboxylic acids is 1. The molecule has 8 nitrogen and oxygen atoms in total. The maximum atomic E-state index is 13.7. The molecule has 0 spiro atoms. The summed E-state index contributed by atoms with van der Waals surface area (Å²) in [6.45, 7) is 22.7.